The van der Waals surface area contributed by atoms with Gasteiger partial charge in [-0.25, -0.2) is 0 Å². The zero-order valence-corrected chi connectivity index (χ0v) is 12.2. The van der Waals surface area contributed by atoms with Gasteiger partial charge in [-0.2, -0.15) is 0 Å². The van der Waals surface area contributed by atoms with Gasteiger partial charge >= 0.3 is 5.97 Å². The summed E-state index contributed by atoms with van der Waals surface area (Å²) in [5.41, 5.74) is 0. The van der Waals surface area contributed by atoms with Gasteiger partial charge in [0, 0.05) is 17.6 Å². The molecule has 1 aromatic carbocycles. The summed E-state index contributed by atoms with van der Waals surface area (Å²) in [5, 5.41) is 8.80. The predicted molar refractivity (Wildman–Crippen MR) is 73.9 cm³/mol. The molecule has 1 atom stereocenters. The van der Waals surface area contributed by atoms with Crippen molar-refractivity contribution in [1.29, 1.82) is 0 Å². The van der Waals surface area contributed by atoms with E-state index in [2.05, 4.69) is 15.9 Å². The molecule has 0 amide bonds. The summed E-state index contributed by atoms with van der Waals surface area (Å²) in [5.74, 6) is -0.309. The lowest BCUT2D eigenvalue weighted by Crippen LogP contribution is -2.31. The van der Waals surface area contributed by atoms with E-state index in [0.29, 0.717) is 19.7 Å². The fraction of sp³-hybridized carbons (Fsp3) is 0.462. The van der Waals surface area contributed by atoms with E-state index in [1.54, 1.807) is 6.92 Å². The number of carboxylic acids is 1. The molecule has 5 heteroatoms. The van der Waals surface area contributed by atoms with Gasteiger partial charge in [-0.3, -0.25) is 4.79 Å². The Labute approximate surface area is 116 Å². The Hall–Kier alpha value is -1.07. The summed E-state index contributed by atoms with van der Waals surface area (Å²) in [6.07, 6.45) is 0. The highest BCUT2D eigenvalue weighted by molar-refractivity contribution is 9.10. The van der Waals surface area contributed by atoms with Gasteiger partial charge in [0.1, 0.15) is 12.4 Å². The van der Waals surface area contributed by atoms with Gasteiger partial charge < -0.3 is 14.7 Å². The quantitative estimate of drug-likeness (QED) is 0.840. The Balaban J connectivity index is 2.25. The summed E-state index contributed by atoms with van der Waals surface area (Å²) < 4.78 is 6.58. The monoisotopic (exact) mass is 315 g/mol. The van der Waals surface area contributed by atoms with Crippen LogP contribution in [0.2, 0.25) is 0 Å². The highest BCUT2D eigenvalue weighted by atomic mass is 79.9. The van der Waals surface area contributed by atoms with E-state index in [1.807, 2.05) is 36.2 Å². The van der Waals surface area contributed by atoms with Crippen molar-refractivity contribution in [2.75, 3.05) is 26.7 Å². The average Bonchev–Trinajstić information content (AvgIpc) is 2.31. The second kappa shape index (κ2) is 7.38. The summed E-state index contributed by atoms with van der Waals surface area (Å²) in [6, 6.07) is 7.63. The summed E-state index contributed by atoms with van der Waals surface area (Å²) in [6.45, 7) is 3.48. The Morgan fingerprint density at radius 3 is 2.61 bits per heavy atom. The molecule has 18 heavy (non-hydrogen) atoms. The van der Waals surface area contributed by atoms with Gasteiger partial charge in [0.15, 0.2) is 0 Å². The van der Waals surface area contributed by atoms with Crippen molar-refractivity contribution in [1.82, 2.24) is 4.90 Å². The molecule has 0 spiro atoms. The molecule has 0 heterocycles. The Morgan fingerprint density at radius 2 is 2.06 bits per heavy atom. The molecule has 100 valence electrons. The molecule has 0 radical (unpaired) electrons. The van der Waals surface area contributed by atoms with E-state index >= 15 is 0 Å². The number of hydrogen-bond donors (Lipinski definition) is 1. The summed E-state index contributed by atoms with van der Waals surface area (Å²) >= 11 is 3.36. The number of likely N-dealkylation sites (N-methyl/N-ethyl adjacent to an activating group) is 1. The number of benzene rings is 1. The van der Waals surface area contributed by atoms with Crippen LogP contribution >= 0.6 is 15.9 Å². The van der Waals surface area contributed by atoms with Gasteiger partial charge in [0.25, 0.3) is 0 Å². The molecule has 0 bridgehead atoms. The molecule has 1 aromatic rings. The van der Waals surface area contributed by atoms with Crippen LogP contribution in [-0.2, 0) is 4.79 Å². The third kappa shape index (κ3) is 5.51. The van der Waals surface area contributed by atoms with Crippen molar-refractivity contribution in [3.63, 3.8) is 0 Å². The highest BCUT2D eigenvalue weighted by Crippen LogP contribution is 2.15. The lowest BCUT2D eigenvalue weighted by atomic mass is 10.2. The number of hydrogen-bond acceptors (Lipinski definition) is 3. The van der Waals surface area contributed by atoms with E-state index in [9.17, 15) is 4.79 Å². The molecule has 0 aliphatic heterocycles. The minimum atomic E-state index is -0.768. The van der Waals surface area contributed by atoms with Crippen LogP contribution in [0.5, 0.6) is 5.75 Å². The summed E-state index contributed by atoms with van der Waals surface area (Å²) in [7, 11) is 1.89. The number of aliphatic carboxylic acids is 1. The van der Waals surface area contributed by atoms with Crippen LogP contribution in [0.15, 0.2) is 28.7 Å². The standard InChI is InChI=1S/C13H18BrNO3/c1-10(13(16)17)9-15(2)7-8-18-12-5-3-11(14)4-6-12/h3-6,10H,7-9H2,1-2H3,(H,16,17). The van der Waals surface area contributed by atoms with Crippen LogP contribution in [0.25, 0.3) is 0 Å². The van der Waals surface area contributed by atoms with Crippen molar-refractivity contribution in [2.45, 2.75) is 6.92 Å². The summed E-state index contributed by atoms with van der Waals surface area (Å²) in [4.78, 5) is 12.7. The molecule has 0 fully saturated rings. The molecular weight excluding hydrogens is 298 g/mol. The minimum Gasteiger partial charge on any atom is -0.492 e. The smallest absolute Gasteiger partial charge is 0.307 e. The average molecular weight is 316 g/mol. The molecule has 1 unspecified atom stereocenters. The third-order valence-electron chi connectivity index (χ3n) is 2.56. The van der Waals surface area contributed by atoms with E-state index in [0.717, 1.165) is 10.2 Å². The fourth-order valence-corrected chi connectivity index (χ4v) is 1.75. The Kier molecular flexibility index (Phi) is 6.15. The van der Waals surface area contributed by atoms with Crippen molar-refractivity contribution in [3.8, 4) is 5.75 Å². The van der Waals surface area contributed by atoms with Crippen LogP contribution in [0.1, 0.15) is 6.92 Å². The van der Waals surface area contributed by atoms with Gasteiger partial charge in [-0.1, -0.05) is 22.9 Å². The van der Waals surface area contributed by atoms with Gasteiger partial charge in [0.2, 0.25) is 0 Å². The van der Waals surface area contributed by atoms with Crippen molar-refractivity contribution >= 4 is 21.9 Å². The first kappa shape index (κ1) is 15.0. The first-order chi connectivity index (χ1) is 8.49. The van der Waals surface area contributed by atoms with Crippen LogP contribution in [-0.4, -0.2) is 42.7 Å². The van der Waals surface area contributed by atoms with Crippen molar-refractivity contribution in [3.05, 3.63) is 28.7 Å². The topological polar surface area (TPSA) is 49.8 Å². The van der Waals surface area contributed by atoms with Crippen molar-refractivity contribution < 1.29 is 14.6 Å². The number of nitrogens with zero attached hydrogens (tertiary/aromatic N) is 1. The maximum atomic E-state index is 10.7. The van der Waals surface area contributed by atoms with Crippen molar-refractivity contribution in [2.24, 2.45) is 5.92 Å². The molecule has 0 saturated heterocycles. The number of halogens is 1. The maximum Gasteiger partial charge on any atom is 0.307 e. The first-order valence-corrected chi connectivity index (χ1v) is 6.58. The lowest BCUT2D eigenvalue weighted by molar-refractivity contribution is -0.141. The van der Waals surface area contributed by atoms with Crippen LogP contribution in [0, 0.1) is 5.92 Å². The molecule has 0 aliphatic rings. The zero-order chi connectivity index (χ0) is 13.5. The Bertz CT molecular complexity index is 380. The SMILES string of the molecule is CC(CN(C)CCOc1ccc(Br)cc1)C(=O)O. The molecule has 0 aliphatic carbocycles. The second-order valence-corrected chi connectivity index (χ2v) is 5.22. The van der Waals surface area contributed by atoms with Gasteiger partial charge in [0.05, 0.1) is 5.92 Å². The molecule has 4 nitrogen and oxygen atoms in total. The van der Waals surface area contributed by atoms with Gasteiger partial charge in [-0.05, 0) is 31.3 Å². The first-order valence-electron chi connectivity index (χ1n) is 5.78. The number of carbonyl (C=O) groups is 1. The Morgan fingerprint density at radius 1 is 1.44 bits per heavy atom. The van der Waals surface area contributed by atoms with E-state index < -0.39 is 5.97 Å². The lowest BCUT2D eigenvalue weighted by Gasteiger charge is -2.19. The molecule has 1 rings (SSSR count). The van der Waals surface area contributed by atoms with Crippen LogP contribution < -0.4 is 4.74 Å². The molecular formula is C13H18BrNO3. The number of ether oxygens (including phenoxy) is 1. The predicted octanol–water partition coefficient (Wildman–Crippen LogP) is 2.48. The minimum absolute atomic E-state index is 0.359. The molecule has 1 N–H and O–H groups in total. The fourth-order valence-electron chi connectivity index (χ4n) is 1.49. The largest absolute Gasteiger partial charge is 0.492 e. The highest BCUT2D eigenvalue weighted by Gasteiger charge is 2.13. The normalized spacial score (nSPS) is 12.4. The number of rotatable bonds is 7. The zero-order valence-electron chi connectivity index (χ0n) is 10.6. The number of carboxylic acid groups (broad SMARTS) is 1. The van der Waals surface area contributed by atoms with Crippen LogP contribution in [0.4, 0.5) is 0 Å². The van der Waals surface area contributed by atoms with E-state index in [1.165, 1.54) is 0 Å². The molecule has 0 aromatic heterocycles. The van der Waals surface area contributed by atoms with E-state index in [-0.39, 0.29) is 5.92 Å². The second-order valence-electron chi connectivity index (χ2n) is 4.30. The van der Waals surface area contributed by atoms with Crippen LogP contribution in [0.3, 0.4) is 0 Å². The van der Waals surface area contributed by atoms with E-state index in [4.69, 9.17) is 9.84 Å². The maximum absolute atomic E-state index is 10.7. The molecule has 0 saturated carbocycles. The van der Waals surface area contributed by atoms with Gasteiger partial charge in [-0.15, -0.1) is 0 Å². The third-order valence-corrected chi connectivity index (χ3v) is 3.09.